The Morgan fingerprint density at radius 2 is 1.90 bits per heavy atom. The second-order valence-corrected chi connectivity index (χ2v) is 6.02. The van der Waals surface area contributed by atoms with Gasteiger partial charge >= 0.3 is 0 Å². The maximum atomic E-state index is 13.6. The third-order valence-electron chi connectivity index (χ3n) is 4.78. The Hall–Kier alpha value is -1.67. The molecular weight excluding hydrogens is 261 g/mol. The summed E-state index contributed by atoms with van der Waals surface area (Å²) in [5.41, 5.74) is 2.50. The second-order valence-electron chi connectivity index (χ2n) is 6.02. The quantitative estimate of drug-likeness (QED) is 0.884. The lowest BCUT2D eigenvalue weighted by molar-refractivity contribution is 0.285. The van der Waals surface area contributed by atoms with Crippen molar-refractivity contribution in [2.24, 2.45) is 5.92 Å². The van der Waals surface area contributed by atoms with Crippen molar-refractivity contribution in [2.75, 3.05) is 13.1 Å². The summed E-state index contributed by atoms with van der Waals surface area (Å²) in [6.45, 7) is 4.29. The Labute approximate surface area is 126 Å². The molecule has 110 valence electrons. The molecule has 2 heteroatoms. The van der Waals surface area contributed by atoms with Crippen molar-refractivity contribution in [2.45, 2.75) is 25.2 Å². The van der Waals surface area contributed by atoms with Crippen LogP contribution in [0.15, 0.2) is 54.6 Å². The van der Waals surface area contributed by atoms with Gasteiger partial charge in [0, 0.05) is 6.54 Å². The molecule has 1 aliphatic rings. The van der Waals surface area contributed by atoms with Crippen LogP contribution in [-0.2, 0) is 0 Å². The van der Waals surface area contributed by atoms with Gasteiger partial charge < -0.3 is 5.32 Å². The van der Waals surface area contributed by atoms with Crippen molar-refractivity contribution < 1.29 is 4.39 Å². The predicted octanol–water partition coefficient (Wildman–Crippen LogP) is 4.32. The lowest BCUT2D eigenvalue weighted by Crippen LogP contribution is -2.37. The Kier molecular flexibility index (Phi) is 4.35. The van der Waals surface area contributed by atoms with Crippen molar-refractivity contribution in [3.05, 3.63) is 71.5 Å². The zero-order valence-electron chi connectivity index (χ0n) is 12.4. The van der Waals surface area contributed by atoms with E-state index in [1.54, 1.807) is 6.07 Å². The summed E-state index contributed by atoms with van der Waals surface area (Å²) >= 11 is 0. The zero-order chi connectivity index (χ0) is 14.7. The van der Waals surface area contributed by atoms with Crippen LogP contribution in [-0.4, -0.2) is 13.1 Å². The van der Waals surface area contributed by atoms with E-state index in [1.807, 2.05) is 6.07 Å². The van der Waals surface area contributed by atoms with Gasteiger partial charge in [0.2, 0.25) is 0 Å². The van der Waals surface area contributed by atoms with Crippen LogP contribution in [0.1, 0.15) is 36.3 Å². The van der Waals surface area contributed by atoms with Crippen LogP contribution >= 0.6 is 0 Å². The maximum absolute atomic E-state index is 13.6. The Bertz CT molecular complexity index is 581. The first-order chi connectivity index (χ1) is 10.3. The average Bonchev–Trinajstić information content (AvgIpc) is 2.55. The molecule has 0 radical (unpaired) electrons. The predicted molar refractivity (Wildman–Crippen MR) is 85.0 cm³/mol. The molecule has 1 fully saturated rings. The van der Waals surface area contributed by atoms with Crippen molar-refractivity contribution >= 4 is 0 Å². The van der Waals surface area contributed by atoms with Gasteiger partial charge in [0.05, 0.1) is 0 Å². The maximum Gasteiger partial charge on any atom is 0.123 e. The van der Waals surface area contributed by atoms with E-state index >= 15 is 0 Å². The van der Waals surface area contributed by atoms with Crippen LogP contribution in [0, 0.1) is 11.7 Å². The van der Waals surface area contributed by atoms with E-state index in [2.05, 4.69) is 48.6 Å². The van der Waals surface area contributed by atoms with Gasteiger partial charge in [-0.1, -0.05) is 49.4 Å². The fourth-order valence-corrected chi connectivity index (χ4v) is 3.58. The monoisotopic (exact) mass is 283 g/mol. The van der Waals surface area contributed by atoms with Gasteiger partial charge in [-0.25, -0.2) is 4.39 Å². The molecule has 21 heavy (non-hydrogen) atoms. The lowest BCUT2D eigenvalue weighted by Gasteiger charge is -2.37. The SMILES string of the molecule is CC(c1ccccc1)C1CCNCC1c1cccc(F)c1. The van der Waals surface area contributed by atoms with Gasteiger partial charge in [-0.05, 0) is 54.0 Å². The first-order valence-electron chi connectivity index (χ1n) is 7.77. The molecule has 1 saturated heterocycles. The third-order valence-corrected chi connectivity index (χ3v) is 4.78. The van der Waals surface area contributed by atoms with E-state index in [-0.39, 0.29) is 5.82 Å². The topological polar surface area (TPSA) is 12.0 Å². The van der Waals surface area contributed by atoms with Crippen LogP contribution in [0.3, 0.4) is 0 Å². The molecule has 1 aliphatic heterocycles. The zero-order valence-corrected chi connectivity index (χ0v) is 12.4. The van der Waals surface area contributed by atoms with Crippen LogP contribution in [0.5, 0.6) is 0 Å². The molecule has 1 nitrogen and oxygen atoms in total. The summed E-state index contributed by atoms with van der Waals surface area (Å²) in [5.74, 6) is 1.28. The smallest absolute Gasteiger partial charge is 0.123 e. The molecule has 3 unspecified atom stereocenters. The Balaban J connectivity index is 1.88. The number of rotatable bonds is 3. The highest BCUT2D eigenvalue weighted by molar-refractivity contribution is 5.26. The highest BCUT2D eigenvalue weighted by Gasteiger charge is 2.31. The largest absolute Gasteiger partial charge is 0.316 e. The molecule has 0 saturated carbocycles. The summed E-state index contributed by atoms with van der Waals surface area (Å²) in [4.78, 5) is 0. The van der Waals surface area contributed by atoms with E-state index in [0.717, 1.165) is 25.1 Å². The highest BCUT2D eigenvalue weighted by Crippen LogP contribution is 2.39. The highest BCUT2D eigenvalue weighted by atomic mass is 19.1. The van der Waals surface area contributed by atoms with E-state index in [0.29, 0.717) is 17.8 Å². The molecule has 3 atom stereocenters. The normalized spacial score (nSPS) is 23.7. The minimum Gasteiger partial charge on any atom is -0.316 e. The second kappa shape index (κ2) is 6.40. The molecular formula is C19H22FN. The Morgan fingerprint density at radius 3 is 2.67 bits per heavy atom. The number of halogens is 1. The van der Waals surface area contributed by atoms with E-state index in [4.69, 9.17) is 0 Å². The molecule has 0 bridgehead atoms. The fraction of sp³-hybridized carbons (Fsp3) is 0.368. The van der Waals surface area contributed by atoms with E-state index in [1.165, 1.54) is 11.6 Å². The third kappa shape index (κ3) is 3.16. The standard InChI is InChI=1S/C19H22FN/c1-14(15-6-3-2-4-7-15)18-10-11-21-13-19(18)16-8-5-9-17(20)12-16/h2-9,12,14,18-19,21H,10-11,13H2,1H3. The first-order valence-corrected chi connectivity index (χ1v) is 7.77. The minimum absolute atomic E-state index is 0.135. The van der Waals surface area contributed by atoms with Crippen molar-refractivity contribution in [3.8, 4) is 0 Å². The van der Waals surface area contributed by atoms with Crippen LogP contribution in [0.2, 0.25) is 0 Å². The van der Waals surface area contributed by atoms with Gasteiger partial charge in [-0.15, -0.1) is 0 Å². The summed E-state index contributed by atoms with van der Waals surface area (Å²) in [6.07, 6.45) is 1.14. The molecule has 2 aromatic rings. The molecule has 1 N–H and O–H groups in total. The molecule has 0 aliphatic carbocycles. The van der Waals surface area contributed by atoms with E-state index < -0.39 is 0 Å². The minimum atomic E-state index is -0.135. The Morgan fingerprint density at radius 1 is 1.10 bits per heavy atom. The number of benzene rings is 2. The molecule has 0 spiro atoms. The van der Waals surface area contributed by atoms with Gasteiger partial charge in [-0.2, -0.15) is 0 Å². The lowest BCUT2D eigenvalue weighted by atomic mass is 9.72. The van der Waals surface area contributed by atoms with Crippen molar-refractivity contribution in [1.29, 1.82) is 0 Å². The van der Waals surface area contributed by atoms with Crippen molar-refractivity contribution in [3.63, 3.8) is 0 Å². The molecule has 2 aromatic carbocycles. The summed E-state index contributed by atoms with van der Waals surface area (Å²) < 4.78 is 13.6. The fourth-order valence-electron chi connectivity index (χ4n) is 3.58. The molecule has 0 aromatic heterocycles. The van der Waals surface area contributed by atoms with Crippen LogP contribution in [0.25, 0.3) is 0 Å². The first kappa shape index (κ1) is 14.3. The van der Waals surface area contributed by atoms with Gasteiger partial charge in [0.25, 0.3) is 0 Å². The van der Waals surface area contributed by atoms with Gasteiger partial charge in [0.1, 0.15) is 5.82 Å². The molecule has 0 amide bonds. The molecule has 3 rings (SSSR count). The number of hydrogen-bond donors (Lipinski definition) is 1. The summed E-state index contributed by atoms with van der Waals surface area (Å²) in [7, 11) is 0. The molecule has 1 heterocycles. The summed E-state index contributed by atoms with van der Waals surface area (Å²) in [6, 6.07) is 17.8. The summed E-state index contributed by atoms with van der Waals surface area (Å²) in [5, 5.41) is 3.47. The number of nitrogens with one attached hydrogen (secondary N) is 1. The van der Waals surface area contributed by atoms with Crippen molar-refractivity contribution in [1.82, 2.24) is 5.32 Å². The number of piperidine rings is 1. The van der Waals surface area contributed by atoms with Gasteiger partial charge in [-0.3, -0.25) is 0 Å². The average molecular weight is 283 g/mol. The van der Waals surface area contributed by atoms with E-state index in [9.17, 15) is 4.39 Å². The van der Waals surface area contributed by atoms with Gasteiger partial charge in [0.15, 0.2) is 0 Å². The van der Waals surface area contributed by atoms with Crippen LogP contribution in [0.4, 0.5) is 4.39 Å². The van der Waals surface area contributed by atoms with Crippen LogP contribution < -0.4 is 5.32 Å². The number of hydrogen-bond acceptors (Lipinski definition) is 1.